The smallest absolute Gasteiger partial charge is 0.249 e. The zero-order valence-electron chi connectivity index (χ0n) is 12.5. The van der Waals surface area contributed by atoms with Crippen LogP contribution >= 0.6 is 10.5 Å². The van der Waals surface area contributed by atoms with Crippen LogP contribution in [0.25, 0.3) is 0 Å². The number of nitrogens with zero attached hydrogens (tertiary/aromatic N) is 5. The van der Waals surface area contributed by atoms with Gasteiger partial charge in [-0.2, -0.15) is 0 Å². The predicted molar refractivity (Wildman–Crippen MR) is 86.0 cm³/mol. The van der Waals surface area contributed by atoms with Crippen LogP contribution < -0.4 is 5.32 Å². The standard InChI is InChI=1S/C12H17BN6O2S/c1-7-8(3-13)5-22(2)12-10(11(21)19(7)12)15-9(20)4-18-6-14-16-17-18/h5-7,10,12H,2-4,13H2,1H3,(H,15,20). The highest BCUT2D eigenvalue weighted by Gasteiger charge is 2.52. The highest BCUT2D eigenvalue weighted by atomic mass is 32.2. The van der Waals surface area contributed by atoms with E-state index in [9.17, 15) is 9.59 Å². The molecule has 2 amide bonds. The lowest BCUT2D eigenvalue weighted by molar-refractivity contribution is -0.150. The maximum Gasteiger partial charge on any atom is 0.249 e. The summed E-state index contributed by atoms with van der Waals surface area (Å²) in [5.41, 5.74) is 1.24. The van der Waals surface area contributed by atoms with E-state index in [-0.39, 0.29) is 40.3 Å². The number of aromatic nitrogens is 4. The number of tetrazole rings is 1. The fourth-order valence-electron chi connectivity index (χ4n) is 2.89. The molecule has 3 heterocycles. The maximum atomic E-state index is 12.4. The molecule has 1 aromatic rings. The molecule has 1 aromatic heterocycles. The molecular formula is C12H17BN6O2S. The van der Waals surface area contributed by atoms with Crippen molar-refractivity contribution in [3.05, 3.63) is 17.3 Å². The Morgan fingerprint density at radius 2 is 2.36 bits per heavy atom. The van der Waals surface area contributed by atoms with Crippen molar-refractivity contribution in [1.82, 2.24) is 30.4 Å². The van der Waals surface area contributed by atoms with E-state index in [4.69, 9.17) is 0 Å². The van der Waals surface area contributed by atoms with E-state index < -0.39 is 6.04 Å². The third kappa shape index (κ3) is 2.37. The lowest BCUT2D eigenvalue weighted by Crippen LogP contribution is -2.72. The second-order valence-electron chi connectivity index (χ2n) is 5.38. The maximum absolute atomic E-state index is 12.4. The Bertz CT molecular complexity index is 661. The van der Waals surface area contributed by atoms with Gasteiger partial charge in [0.15, 0.2) is 0 Å². The van der Waals surface area contributed by atoms with Crippen LogP contribution in [0.3, 0.4) is 0 Å². The third-order valence-electron chi connectivity index (χ3n) is 4.07. The Balaban J connectivity index is 1.69. The first-order valence-electron chi connectivity index (χ1n) is 7.07. The Morgan fingerprint density at radius 1 is 1.59 bits per heavy atom. The van der Waals surface area contributed by atoms with Crippen LogP contribution in [0.2, 0.25) is 6.32 Å². The first-order chi connectivity index (χ1) is 10.5. The van der Waals surface area contributed by atoms with E-state index >= 15 is 0 Å². The summed E-state index contributed by atoms with van der Waals surface area (Å²) in [6.45, 7) is 2.02. The summed E-state index contributed by atoms with van der Waals surface area (Å²) in [5.74, 6) is 3.83. The minimum absolute atomic E-state index is 0.0000233. The lowest BCUT2D eigenvalue weighted by atomic mass is 9.90. The summed E-state index contributed by atoms with van der Waals surface area (Å²) in [6, 6.07) is -0.414. The lowest BCUT2D eigenvalue weighted by Gasteiger charge is -2.53. The molecule has 2 aliphatic heterocycles. The summed E-state index contributed by atoms with van der Waals surface area (Å²) in [7, 11) is 1.78. The fraction of sp³-hybridized carbons (Fsp3) is 0.500. The Morgan fingerprint density at radius 3 is 3.00 bits per heavy atom. The number of hydrogen-bond donors (Lipinski definition) is 1. The molecule has 116 valence electrons. The molecule has 8 nitrogen and oxygen atoms in total. The minimum atomic E-state index is -0.498. The zero-order valence-corrected chi connectivity index (χ0v) is 13.3. The van der Waals surface area contributed by atoms with Crippen LogP contribution in [-0.2, 0) is 16.1 Å². The Kier molecular flexibility index (Phi) is 3.86. The van der Waals surface area contributed by atoms with Gasteiger partial charge in [0, 0.05) is 0 Å². The molecule has 22 heavy (non-hydrogen) atoms. The van der Waals surface area contributed by atoms with Gasteiger partial charge in [-0.3, -0.25) is 9.59 Å². The fourth-order valence-corrected chi connectivity index (χ4v) is 4.89. The van der Waals surface area contributed by atoms with Crippen molar-refractivity contribution in [2.45, 2.75) is 37.2 Å². The zero-order chi connectivity index (χ0) is 15.9. The van der Waals surface area contributed by atoms with Gasteiger partial charge in [0.25, 0.3) is 0 Å². The molecule has 0 saturated carbocycles. The van der Waals surface area contributed by atoms with Crippen molar-refractivity contribution in [2.24, 2.45) is 0 Å². The van der Waals surface area contributed by atoms with Gasteiger partial charge in [-0.05, 0) is 28.3 Å². The van der Waals surface area contributed by atoms with Crippen LogP contribution in [0, 0.1) is 0 Å². The van der Waals surface area contributed by atoms with Gasteiger partial charge >= 0.3 is 0 Å². The average Bonchev–Trinajstić information content (AvgIpc) is 2.98. The molecule has 3 rings (SSSR count). The number of β-lactam (4-membered cyclic amide) rings is 1. The van der Waals surface area contributed by atoms with Gasteiger partial charge in [0.2, 0.25) is 11.8 Å². The number of nitrogens with one attached hydrogen (secondary N) is 1. The van der Waals surface area contributed by atoms with Crippen LogP contribution in [0.5, 0.6) is 0 Å². The highest BCUT2D eigenvalue weighted by Crippen LogP contribution is 2.43. The van der Waals surface area contributed by atoms with Crippen LogP contribution in [0.1, 0.15) is 6.92 Å². The predicted octanol–water partition coefficient (Wildman–Crippen LogP) is -1.64. The van der Waals surface area contributed by atoms with Gasteiger partial charge in [-0.15, -0.1) is 15.6 Å². The van der Waals surface area contributed by atoms with Gasteiger partial charge in [-0.1, -0.05) is 12.2 Å². The molecule has 1 N–H and O–H groups in total. The number of hydrogen-bond acceptors (Lipinski definition) is 5. The minimum Gasteiger partial charge on any atom is -0.340 e. The molecule has 0 spiro atoms. The van der Waals surface area contributed by atoms with Crippen molar-refractivity contribution in [1.29, 1.82) is 0 Å². The second-order valence-corrected chi connectivity index (χ2v) is 7.04. The van der Waals surface area contributed by atoms with Gasteiger partial charge in [0.1, 0.15) is 32.1 Å². The first-order valence-corrected chi connectivity index (χ1v) is 8.59. The van der Waals surface area contributed by atoms with Crippen LogP contribution in [0.4, 0.5) is 0 Å². The van der Waals surface area contributed by atoms with E-state index in [0.717, 1.165) is 6.32 Å². The van der Waals surface area contributed by atoms with Crippen LogP contribution in [0.15, 0.2) is 17.3 Å². The second kappa shape index (κ2) is 5.67. The molecule has 10 heteroatoms. The topological polar surface area (TPSA) is 93.0 Å². The number of fused-ring (bicyclic) bond motifs is 1. The molecule has 2 aliphatic rings. The molecular weight excluding hydrogens is 303 g/mol. The van der Waals surface area contributed by atoms with E-state index in [1.54, 1.807) is 0 Å². The van der Waals surface area contributed by atoms with Crippen LogP contribution in [-0.4, -0.2) is 68.1 Å². The monoisotopic (exact) mass is 320 g/mol. The quantitative estimate of drug-likeness (QED) is 0.408. The van der Waals surface area contributed by atoms with Gasteiger partial charge < -0.3 is 10.2 Å². The van der Waals surface area contributed by atoms with Gasteiger partial charge in [0.05, 0.1) is 6.04 Å². The highest BCUT2D eigenvalue weighted by molar-refractivity contribution is 8.17. The van der Waals surface area contributed by atoms with Crippen molar-refractivity contribution in [3.8, 4) is 0 Å². The molecule has 1 saturated heterocycles. The number of carbonyl (C=O) groups is 2. The molecule has 1 fully saturated rings. The average molecular weight is 320 g/mol. The van der Waals surface area contributed by atoms with E-state index in [0.29, 0.717) is 0 Å². The number of carbonyl (C=O) groups excluding carboxylic acids is 2. The molecule has 4 atom stereocenters. The van der Waals surface area contributed by atoms with Gasteiger partial charge in [-0.25, -0.2) is 4.68 Å². The van der Waals surface area contributed by atoms with Crippen molar-refractivity contribution in [2.75, 3.05) is 0 Å². The number of rotatable bonds is 4. The SMILES string of the molecule is BCC1=CS(=C)C2C(NC(=O)Cn3cnnn3)C(=O)N2C1C. The molecule has 4 unspecified atom stereocenters. The number of amides is 2. The largest absolute Gasteiger partial charge is 0.340 e. The summed E-state index contributed by atoms with van der Waals surface area (Å²) < 4.78 is 1.32. The summed E-state index contributed by atoms with van der Waals surface area (Å²) in [6.07, 6.45) is 2.27. The normalized spacial score (nSPS) is 30.3. The first kappa shape index (κ1) is 15.0. The summed E-state index contributed by atoms with van der Waals surface area (Å²) in [5, 5.41) is 15.5. The Labute approximate surface area is 131 Å². The third-order valence-corrected chi connectivity index (χ3v) is 5.79. The molecule has 0 bridgehead atoms. The summed E-state index contributed by atoms with van der Waals surface area (Å²) in [4.78, 5) is 26.2. The summed E-state index contributed by atoms with van der Waals surface area (Å²) >= 11 is 0. The van der Waals surface area contributed by atoms with Crippen molar-refractivity contribution in [3.63, 3.8) is 0 Å². The Hall–Kier alpha value is -1.97. The molecule has 0 aliphatic carbocycles. The van der Waals surface area contributed by atoms with E-state index in [1.807, 2.05) is 11.8 Å². The molecule has 0 radical (unpaired) electrons. The van der Waals surface area contributed by atoms with Crippen molar-refractivity contribution >= 4 is 36.0 Å². The molecule has 0 aromatic carbocycles. The van der Waals surface area contributed by atoms with E-state index in [2.05, 4.69) is 40.0 Å². The van der Waals surface area contributed by atoms with Crippen molar-refractivity contribution < 1.29 is 9.59 Å². The van der Waals surface area contributed by atoms with E-state index in [1.165, 1.54) is 16.6 Å².